The van der Waals surface area contributed by atoms with Crippen molar-refractivity contribution in [2.75, 3.05) is 13.7 Å². The Kier molecular flexibility index (Phi) is 3.71. The SMILES string of the molecule is COCC(C)C(O)c1cccc2ccncc12. The Labute approximate surface area is 101 Å². The van der Waals surface area contributed by atoms with Crippen LogP contribution >= 0.6 is 0 Å². The first-order valence-electron chi connectivity index (χ1n) is 5.73. The molecule has 17 heavy (non-hydrogen) atoms. The summed E-state index contributed by atoms with van der Waals surface area (Å²) in [6, 6.07) is 7.88. The van der Waals surface area contributed by atoms with Crippen LogP contribution in [0.15, 0.2) is 36.7 Å². The molecule has 0 radical (unpaired) electrons. The lowest BCUT2D eigenvalue weighted by Crippen LogP contribution is -2.14. The van der Waals surface area contributed by atoms with Crippen molar-refractivity contribution in [1.82, 2.24) is 4.98 Å². The van der Waals surface area contributed by atoms with E-state index in [0.29, 0.717) is 6.61 Å². The molecule has 0 aliphatic carbocycles. The molecular weight excluding hydrogens is 214 g/mol. The van der Waals surface area contributed by atoms with Crippen LogP contribution in [0.2, 0.25) is 0 Å². The van der Waals surface area contributed by atoms with E-state index >= 15 is 0 Å². The zero-order chi connectivity index (χ0) is 12.3. The third-order valence-corrected chi connectivity index (χ3v) is 3.00. The lowest BCUT2D eigenvalue weighted by atomic mass is 9.94. The Hall–Kier alpha value is -1.45. The van der Waals surface area contributed by atoms with Gasteiger partial charge in [-0.3, -0.25) is 4.98 Å². The van der Waals surface area contributed by atoms with Crippen LogP contribution < -0.4 is 0 Å². The molecule has 0 saturated heterocycles. The number of fused-ring (bicyclic) bond motifs is 1. The minimum absolute atomic E-state index is 0.0609. The minimum atomic E-state index is -0.525. The maximum atomic E-state index is 10.3. The fourth-order valence-electron chi connectivity index (χ4n) is 2.06. The van der Waals surface area contributed by atoms with E-state index in [1.807, 2.05) is 31.2 Å². The number of nitrogens with zero attached hydrogens (tertiary/aromatic N) is 1. The van der Waals surface area contributed by atoms with Crippen LogP contribution in [0.1, 0.15) is 18.6 Å². The first-order chi connectivity index (χ1) is 8.24. The van der Waals surface area contributed by atoms with Gasteiger partial charge in [-0.15, -0.1) is 0 Å². The van der Waals surface area contributed by atoms with Gasteiger partial charge in [-0.05, 0) is 17.0 Å². The first-order valence-corrected chi connectivity index (χ1v) is 5.73. The Morgan fingerprint density at radius 3 is 2.94 bits per heavy atom. The van der Waals surface area contributed by atoms with Crippen molar-refractivity contribution < 1.29 is 9.84 Å². The number of pyridine rings is 1. The van der Waals surface area contributed by atoms with Gasteiger partial charge in [0.25, 0.3) is 0 Å². The smallest absolute Gasteiger partial charge is 0.0844 e. The molecule has 0 aliphatic rings. The fraction of sp³-hybridized carbons (Fsp3) is 0.357. The lowest BCUT2D eigenvalue weighted by molar-refractivity contribution is 0.0575. The maximum Gasteiger partial charge on any atom is 0.0844 e. The van der Waals surface area contributed by atoms with Crippen LogP contribution in [0, 0.1) is 5.92 Å². The number of methoxy groups -OCH3 is 1. The van der Waals surface area contributed by atoms with Crippen molar-refractivity contribution in [3.8, 4) is 0 Å². The van der Waals surface area contributed by atoms with Gasteiger partial charge in [-0.2, -0.15) is 0 Å². The third-order valence-electron chi connectivity index (χ3n) is 3.00. The molecule has 2 aromatic rings. The van der Waals surface area contributed by atoms with E-state index in [1.165, 1.54) is 0 Å². The van der Waals surface area contributed by atoms with Crippen molar-refractivity contribution in [2.45, 2.75) is 13.0 Å². The zero-order valence-electron chi connectivity index (χ0n) is 10.1. The van der Waals surface area contributed by atoms with E-state index in [1.54, 1.807) is 19.5 Å². The van der Waals surface area contributed by atoms with E-state index in [4.69, 9.17) is 4.74 Å². The largest absolute Gasteiger partial charge is 0.388 e. The summed E-state index contributed by atoms with van der Waals surface area (Å²) >= 11 is 0. The topological polar surface area (TPSA) is 42.4 Å². The van der Waals surface area contributed by atoms with Crippen molar-refractivity contribution in [2.24, 2.45) is 5.92 Å². The molecule has 90 valence electrons. The molecule has 0 bridgehead atoms. The van der Waals surface area contributed by atoms with Crippen molar-refractivity contribution >= 4 is 10.8 Å². The summed E-state index contributed by atoms with van der Waals surface area (Å²) in [5.41, 5.74) is 0.917. The van der Waals surface area contributed by atoms with Crippen molar-refractivity contribution in [1.29, 1.82) is 0 Å². The number of aliphatic hydroxyl groups excluding tert-OH is 1. The average Bonchev–Trinajstić information content (AvgIpc) is 2.37. The molecule has 2 rings (SSSR count). The average molecular weight is 231 g/mol. The predicted molar refractivity (Wildman–Crippen MR) is 67.7 cm³/mol. The molecule has 0 spiro atoms. The molecular formula is C14H17NO2. The van der Waals surface area contributed by atoms with Gasteiger partial charge in [-0.25, -0.2) is 0 Å². The maximum absolute atomic E-state index is 10.3. The van der Waals surface area contributed by atoms with Gasteiger partial charge < -0.3 is 9.84 Å². The number of rotatable bonds is 4. The van der Waals surface area contributed by atoms with Crippen LogP contribution in [0.5, 0.6) is 0 Å². The molecule has 1 aromatic heterocycles. The summed E-state index contributed by atoms with van der Waals surface area (Å²) in [5.74, 6) is 0.0609. The Morgan fingerprint density at radius 1 is 1.35 bits per heavy atom. The van der Waals surface area contributed by atoms with E-state index in [0.717, 1.165) is 16.3 Å². The highest BCUT2D eigenvalue weighted by Crippen LogP contribution is 2.28. The molecule has 3 heteroatoms. The molecule has 0 saturated carbocycles. The quantitative estimate of drug-likeness (QED) is 0.879. The summed E-state index contributed by atoms with van der Waals surface area (Å²) < 4.78 is 5.08. The normalized spacial score (nSPS) is 14.8. The molecule has 2 unspecified atom stereocenters. The van der Waals surface area contributed by atoms with Gasteiger partial charge in [-0.1, -0.05) is 25.1 Å². The standard InChI is InChI=1S/C14H17NO2/c1-10(9-17-2)14(16)12-5-3-4-11-6-7-15-8-13(11)12/h3-8,10,14,16H,9H2,1-2H3. The van der Waals surface area contributed by atoms with E-state index in [9.17, 15) is 5.11 Å². The van der Waals surface area contributed by atoms with Gasteiger partial charge in [0.15, 0.2) is 0 Å². The summed E-state index contributed by atoms with van der Waals surface area (Å²) in [6.45, 7) is 2.52. The molecule has 2 atom stereocenters. The van der Waals surface area contributed by atoms with Crippen molar-refractivity contribution in [3.05, 3.63) is 42.2 Å². The molecule has 3 nitrogen and oxygen atoms in total. The number of hydrogen-bond donors (Lipinski definition) is 1. The number of benzene rings is 1. The second-order valence-electron chi connectivity index (χ2n) is 4.32. The van der Waals surface area contributed by atoms with Crippen molar-refractivity contribution in [3.63, 3.8) is 0 Å². The lowest BCUT2D eigenvalue weighted by Gasteiger charge is -2.19. The summed E-state index contributed by atoms with van der Waals surface area (Å²) in [5, 5.41) is 12.4. The van der Waals surface area contributed by atoms with E-state index in [-0.39, 0.29) is 5.92 Å². The van der Waals surface area contributed by atoms with Crippen LogP contribution in [-0.2, 0) is 4.74 Å². The zero-order valence-corrected chi connectivity index (χ0v) is 10.1. The Morgan fingerprint density at radius 2 is 2.18 bits per heavy atom. The van der Waals surface area contributed by atoms with E-state index < -0.39 is 6.10 Å². The van der Waals surface area contributed by atoms with Gasteiger partial charge in [0.1, 0.15) is 0 Å². The van der Waals surface area contributed by atoms with E-state index in [2.05, 4.69) is 4.98 Å². The number of aliphatic hydroxyl groups is 1. The molecule has 1 heterocycles. The Balaban J connectivity index is 2.41. The summed E-state index contributed by atoms with van der Waals surface area (Å²) in [6.07, 6.45) is 3.03. The number of ether oxygens (including phenoxy) is 1. The Bertz CT molecular complexity index is 493. The summed E-state index contributed by atoms with van der Waals surface area (Å²) in [4.78, 5) is 4.12. The summed E-state index contributed by atoms with van der Waals surface area (Å²) in [7, 11) is 1.65. The third kappa shape index (κ3) is 2.46. The van der Waals surface area contributed by atoms with Crippen LogP contribution in [0.3, 0.4) is 0 Å². The first kappa shape index (κ1) is 12.0. The number of hydrogen-bond acceptors (Lipinski definition) is 3. The van der Waals surface area contributed by atoms with Gasteiger partial charge in [0.2, 0.25) is 0 Å². The highest BCUT2D eigenvalue weighted by atomic mass is 16.5. The predicted octanol–water partition coefficient (Wildman–Crippen LogP) is 2.55. The molecule has 1 N–H and O–H groups in total. The van der Waals surface area contributed by atoms with Crippen LogP contribution in [-0.4, -0.2) is 23.8 Å². The van der Waals surface area contributed by atoms with Gasteiger partial charge in [0, 0.05) is 30.8 Å². The van der Waals surface area contributed by atoms with Gasteiger partial charge in [0.05, 0.1) is 12.7 Å². The second-order valence-corrected chi connectivity index (χ2v) is 4.32. The van der Waals surface area contributed by atoms with Gasteiger partial charge >= 0.3 is 0 Å². The highest BCUT2D eigenvalue weighted by Gasteiger charge is 2.18. The molecule has 1 aromatic carbocycles. The molecule has 0 amide bonds. The molecule has 0 fully saturated rings. The molecule has 0 aliphatic heterocycles. The van der Waals surface area contributed by atoms with Crippen LogP contribution in [0.25, 0.3) is 10.8 Å². The second kappa shape index (κ2) is 5.25. The monoisotopic (exact) mass is 231 g/mol. The number of aromatic nitrogens is 1. The van der Waals surface area contributed by atoms with Crippen LogP contribution in [0.4, 0.5) is 0 Å². The highest BCUT2D eigenvalue weighted by molar-refractivity contribution is 5.85. The fourth-order valence-corrected chi connectivity index (χ4v) is 2.06. The minimum Gasteiger partial charge on any atom is -0.388 e.